The number of para-hydroxylation sites is 1. The molecule has 0 unspecified atom stereocenters. The van der Waals surface area contributed by atoms with Gasteiger partial charge in [0, 0.05) is 5.69 Å². The van der Waals surface area contributed by atoms with Gasteiger partial charge in [0.25, 0.3) is 20.2 Å². The van der Waals surface area contributed by atoms with E-state index in [9.17, 15) is 30.7 Å². The summed E-state index contributed by atoms with van der Waals surface area (Å²) in [5, 5.41) is 19.9. The Hall–Kier alpha value is -5.82. The molecule has 0 heterocycles. The molecule has 0 spiro atoms. The van der Waals surface area contributed by atoms with Crippen molar-refractivity contribution in [1.29, 1.82) is 0 Å². The van der Waals surface area contributed by atoms with Crippen molar-refractivity contribution >= 4 is 83.3 Å². The van der Waals surface area contributed by atoms with Crippen molar-refractivity contribution < 1.29 is 30.7 Å². The largest absolute Gasteiger partial charge is 0.399 e. The molecule has 0 radical (unpaired) electrons. The van der Waals surface area contributed by atoms with Crippen LogP contribution in [0.25, 0.3) is 6.08 Å². The van der Waals surface area contributed by atoms with Gasteiger partial charge in [-0.05, 0) is 72.3 Å². The Balaban J connectivity index is 1.53. The van der Waals surface area contributed by atoms with Gasteiger partial charge in [-0.1, -0.05) is 18.2 Å². The van der Waals surface area contributed by atoms with E-state index >= 15 is 0 Å². The summed E-state index contributed by atoms with van der Waals surface area (Å²) in [6, 6.07) is 19.7. The molecule has 18 heteroatoms. The van der Waals surface area contributed by atoms with Gasteiger partial charge in [0.2, 0.25) is 5.78 Å². The van der Waals surface area contributed by atoms with Gasteiger partial charge in [0.15, 0.2) is 5.71 Å². The van der Waals surface area contributed by atoms with Crippen molar-refractivity contribution in [3.8, 4) is 0 Å². The number of rotatable bonds is 8. The third-order valence-electron chi connectivity index (χ3n) is 6.36. The fourth-order valence-electron chi connectivity index (χ4n) is 4.20. The van der Waals surface area contributed by atoms with Crippen molar-refractivity contribution in [3.05, 3.63) is 94.9 Å². The lowest BCUT2D eigenvalue weighted by atomic mass is 9.92. The lowest BCUT2D eigenvalue weighted by Gasteiger charge is -2.20. The topological polar surface area (TPSA) is 278 Å². The average Bonchev–Trinajstić information content (AvgIpc) is 2.99. The maximum Gasteiger partial charge on any atom is 0.296 e. The van der Waals surface area contributed by atoms with E-state index in [4.69, 9.17) is 17.2 Å². The van der Waals surface area contributed by atoms with Crippen LogP contribution in [0.2, 0.25) is 0 Å². The molecule has 16 nitrogen and oxygen atoms in total. The van der Waals surface area contributed by atoms with Crippen LogP contribution in [0.1, 0.15) is 15.9 Å². The monoisotopic (exact) mass is 661 g/mol. The second kappa shape index (κ2) is 12.3. The third-order valence-corrected chi connectivity index (χ3v) is 8.10. The molecule has 0 atom stereocenters. The first-order chi connectivity index (χ1) is 21.7. The lowest BCUT2D eigenvalue weighted by Crippen LogP contribution is -2.28. The number of nitrogens with one attached hydrogen (secondary N) is 1. The Kier molecular flexibility index (Phi) is 8.44. The first-order valence-electron chi connectivity index (χ1n) is 12.9. The van der Waals surface area contributed by atoms with E-state index in [2.05, 4.69) is 31.0 Å². The number of allylic oxidation sites excluding steroid dienone is 1. The SMILES string of the molecule is Nc1ccc(N=Nc2ccc(N=Nc3c(S(=O)(=O)O)cc4c(c3N)C(=O)/C(=N/Nc3ccccc3)C(S(=O)(=O)O)=C4)cc2)c(N)c1. The van der Waals surface area contributed by atoms with Gasteiger partial charge in [-0.3, -0.25) is 19.3 Å². The summed E-state index contributed by atoms with van der Waals surface area (Å²) in [5.74, 6) is -1.08. The summed E-state index contributed by atoms with van der Waals surface area (Å²) < 4.78 is 68.8. The Morgan fingerprint density at radius 3 is 1.93 bits per heavy atom. The van der Waals surface area contributed by atoms with E-state index in [0.29, 0.717) is 28.4 Å². The minimum atomic E-state index is -5.05. The number of fused-ring (bicyclic) bond motifs is 1. The van der Waals surface area contributed by atoms with E-state index in [1.54, 1.807) is 42.5 Å². The van der Waals surface area contributed by atoms with Gasteiger partial charge in [0.05, 0.1) is 34.0 Å². The third kappa shape index (κ3) is 6.79. The minimum Gasteiger partial charge on any atom is -0.399 e. The quantitative estimate of drug-likeness (QED) is 0.0601. The van der Waals surface area contributed by atoms with E-state index in [-0.39, 0.29) is 16.8 Å². The molecule has 4 aromatic carbocycles. The fourth-order valence-corrected chi connectivity index (χ4v) is 5.53. The highest BCUT2D eigenvalue weighted by molar-refractivity contribution is 7.91. The van der Waals surface area contributed by atoms with Crippen LogP contribution in [0.15, 0.2) is 114 Å². The number of hydrazone groups is 1. The zero-order valence-corrected chi connectivity index (χ0v) is 24.9. The summed E-state index contributed by atoms with van der Waals surface area (Å²) in [6.07, 6.45) is 0.800. The van der Waals surface area contributed by atoms with Gasteiger partial charge < -0.3 is 17.2 Å². The first-order valence-corrected chi connectivity index (χ1v) is 15.8. The number of benzene rings is 4. The summed E-state index contributed by atoms with van der Waals surface area (Å²) in [6.45, 7) is 0. The Bertz CT molecular complexity index is 2220. The highest BCUT2D eigenvalue weighted by Gasteiger charge is 2.37. The molecule has 0 amide bonds. The summed E-state index contributed by atoms with van der Waals surface area (Å²) in [4.78, 5) is 11.8. The predicted molar refractivity (Wildman–Crippen MR) is 172 cm³/mol. The van der Waals surface area contributed by atoms with E-state index in [1.807, 2.05) is 0 Å². The summed E-state index contributed by atoms with van der Waals surface area (Å²) in [7, 11) is -10.1. The van der Waals surface area contributed by atoms with Gasteiger partial charge in [-0.2, -0.15) is 32.2 Å². The molecule has 0 saturated heterocycles. The van der Waals surface area contributed by atoms with Gasteiger partial charge in [-0.15, -0.1) is 10.2 Å². The Morgan fingerprint density at radius 2 is 1.35 bits per heavy atom. The second-order valence-electron chi connectivity index (χ2n) is 9.56. The van der Waals surface area contributed by atoms with Crippen LogP contribution in [0.5, 0.6) is 0 Å². The van der Waals surface area contributed by atoms with Gasteiger partial charge in [0.1, 0.15) is 21.2 Å². The number of hydrogen-bond donors (Lipinski definition) is 6. The average molecular weight is 662 g/mol. The molecule has 9 N–H and O–H groups in total. The van der Waals surface area contributed by atoms with Crippen LogP contribution in [-0.2, 0) is 20.2 Å². The van der Waals surface area contributed by atoms with Crippen molar-refractivity contribution in [2.45, 2.75) is 4.90 Å². The molecular formula is C28H23N9O7S2. The van der Waals surface area contributed by atoms with Crippen LogP contribution in [0.3, 0.4) is 0 Å². The molecule has 1 aliphatic carbocycles. The second-order valence-corrected chi connectivity index (χ2v) is 12.3. The molecule has 0 aromatic heterocycles. The number of nitrogens with zero attached hydrogens (tertiary/aromatic N) is 5. The molecule has 0 bridgehead atoms. The number of carbonyl (C=O) groups is 1. The maximum atomic E-state index is 13.6. The highest BCUT2D eigenvalue weighted by Crippen LogP contribution is 2.41. The fraction of sp³-hybridized carbons (Fsp3) is 0. The lowest BCUT2D eigenvalue weighted by molar-refractivity contribution is 0.106. The van der Waals surface area contributed by atoms with Gasteiger partial charge in [-0.25, -0.2) is 0 Å². The van der Waals surface area contributed by atoms with E-state index < -0.39 is 52.9 Å². The van der Waals surface area contributed by atoms with Crippen LogP contribution >= 0.6 is 0 Å². The van der Waals surface area contributed by atoms with Crippen molar-refractivity contribution in [3.63, 3.8) is 0 Å². The summed E-state index contributed by atoms with van der Waals surface area (Å²) >= 11 is 0. The molecule has 0 saturated carbocycles. The van der Waals surface area contributed by atoms with E-state index in [1.165, 1.54) is 30.3 Å². The number of ketones is 1. The zero-order chi connectivity index (χ0) is 33.2. The number of nitrogens with two attached hydrogens (primary N) is 3. The molecule has 5 rings (SSSR count). The van der Waals surface area contributed by atoms with Crippen LogP contribution in [0, 0.1) is 0 Å². The minimum absolute atomic E-state index is 0.193. The molecule has 0 fully saturated rings. The van der Waals surface area contributed by atoms with Gasteiger partial charge >= 0.3 is 0 Å². The van der Waals surface area contributed by atoms with Crippen LogP contribution in [0.4, 0.5) is 45.5 Å². The predicted octanol–water partition coefficient (Wildman–Crippen LogP) is 5.40. The number of anilines is 4. The smallest absolute Gasteiger partial charge is 0.296 e. The summed E-state index contributed by atoms with van der Waals surface area (Å²) in [5.41, 5.74) is 19.9. The molecule has 4 aromatic rings. The number of hydrogen-bond acceptors (Lipinski definition) is 14. The van der Waals surface area contributed by atoms with Crippen molar-refractivity contribution in [1.82, 2.24) is 0 Å². The zero-order valence-electron chi connectivity index (χ0n) is 23.3. The maximum absolute atomic E-state index is 13.6. The number of Topliss-reactive ketones (excluding diaryl/α,β-unsaturated/α-hetero) is 1. The Morgan fingerprint density at radius 1 is 0.717 bits per heavy atom. The van der Waals surface area contributed by atoms with E-state index in [0.717, 1.165) is 12.1 Å². The normalized spacial score (nSPS) is 14.5. The number of carbonyl (C=O) groups excluding carboxylic acids is 1. The standard InChI is InChI=1S/C28H23N9O7S2/c29-16-6-11-21(20(30)14-16)35-32-18-7-9-19(10-8-18)34-36-26-22(45(39,40)41)12-15-13-23(46(42,43)44)27(28(38)24(15)25(26)31)37-33-17-4-2-1-3-5-17/h1-14,33H,29-31H2,(H,39,40,41)(H,42,43,44)/b35-32?,36-34?,37-27+. The highest BCUT2D eigenvalue weighted by atomic mass is 32.2. The van der Waals surface area contributed by atoms with Crippen LogP contribution in [-0.4, -0.2) is 37.4 Å². The molecule has 1 aliphatic rings. The number of azo groups is 2. The molecule has 0 aliphatic heterocycles. The van der Waals surface area contributed by atoms with Crippen LogP contribution < -0.4 is 22.6 Å². The molecular weight excluding hydrogens is 638 g/mol. The number of nitrogen functional groups attached to an aromatic ring is 3. The van der Waals surface area contributed by atoms with Crippen molar-refractivity contribution in [2.75, 3.05) is 22.6 Å². The van der Waals surface area contributed by atoms with Crippen molar-refractivity contribution in [2.24, 2.45) is 25.6 Å². The first kappa shape index (κ1) is 31.6. The molecule has 46 heavy (non-hydrogen) atoms. The Labute approximate surface area is 261 Å². The molecule has 234 valence electrons.